The minimum Gasteiger partial charge on any atom is -0.454 e. The average Bonchev–Trinajstić information content (AvgIpc) is 3.73. The van der Waals surface area contributed by atoms with Gasteiger partial charge in [0.05, 0.1) is 18.2 Å². The zero-order valence-electron chi connectivity index (χ0n) is 30.6. The summed E-state index contributed by atoms with van der Waals surface area (Å²) in [6.07, 6.45) is 12.1. The van der Waals surface area contributed by atoms with Crippen LogP contribution in [0.1, 0.15) is 80.8 Å². The highest BCUT2D eigenvalue weighted by Crippen LogP contribution is 2.70. The van der Waals surface area contributed by atoms with E-state index in [0.29, 0.717) is 24.8 Å². The Bertz CT molecular complexity index is 1850. The third kappa shape index (κ3) is 6.32. The molecule has 12 heteroatoms. The number of carbonyl (C=O) groups is 3. The number of rotatable bonds is 5. The van der Waals surface area contributed by atoms with Crippen molar-refractivity contribution in [2.45, 2.75) is 89.5 Å². The molecule has 10 nitrogen and oxygen atoms in total. The molecular formula is C41H50ClFN4O6. The topological polar surface area (TPSA) is 150 Å². The van der Waals surface area contributed by atoms with Crippen molar-refractivity contribution in [2.75, 3.05) is 25.0 Å². The zero-order chi connectivity index (χ0) is 36.9. The number of benzene rings is 1. The maximum Gasteiger partial charge on any atom is 0.338 e. The summed E-state index contributed by atoms with van der Waals surface area (Å²) in [5.41, 5.74) is -1.03. The fraction of sp³-hybridized carbons (Fsp3) is 0.537. The molecule has 1 aromatic heterocycles. The molecular weight excluding hydrogens is 699 g/mol. The normalized spacial score (nSPS) is 34.9. The molecule has 1 aromatic carbocycles. The number of hydrogen-bond donors (Lipinski definition) is 4. The number of nitrogens with one attached hydrogen (secondary N) is 2. The van der Waals surface area contributed by atoms with E-state index in [1.807, 2.05) is 0 Å². The van der Waals surface area contributed by atoms with Gasteiger partial charge in [0, 0.05) is 41.4 Å². The SMILES string of the molecule is C[C@@H]1C[C@H]2[C@@H]3CCC4=CC(=O)C=C[C@]4(C)C3(F)[C@@H](O)C[C@]2(C)[C@@]1(O)C(=O)COC(=O)c1ccncc1.Cl.c1cc2c(c(NC3=NCCN3)c1)CCCC2. The third-order valence-electron chi connectivity index (χ3n) is 13.2. The van der Waals surface area contributed by atoms with E-state index < -0.39 is 58.4 Å². The molecule has 8 atom stereocenters. The van der Waals surface area contributed by atoms with E-state index in [4.69, 9.17) is 4.74 Å². The first-order chi connectivity index (χ1) is 24.8. The number of aliphatic imine (C=N–C) groups is 1. The Kier molecular flexibility index (Phi) is 10.8. The number of ether oxygens (including phenoxy) is 1. The molecule has 1 unspecified atom stereocenters. The van der Waals surface area contributed by atoms with Crippen molar-refractivity contribution >= 4 is 41.6 Å². The Morgan fingerprint density at radius 2 is 1.85 bits per heavy atom. The Labute approximate surface area is 316 Å². The first kappa shape index (κ1) is 38.8. The highest BCUT2D eigenvalue weighted by Gasteiger charge is 2.75. The van der Waals surface area contributed by atoms with Crippen LogP contribution in [0.15, 0.2) is 71.5 Å². The van der Waals surface area contributed by atoms with Crippen molar-refractivity contribution in [1.29, 1.82) is 0 Å². The molecule has 4 N–H and O–H groups in total. The summed E-state index contributed by atoms with van der Waals surface area (Å²) in [5, 5.41) is 30.0. The molecule has 0 bridgehead atoms. The highest BCUT2D eigenvalue weighted by atomic mass is 35.5. The number of aliphatic hydroxyl groups is 2. The molecule has 3 saturated carbocycles. The Morgan fingerprint density at radius 3 is 2.58 bits per heavy atom. The second-order valence-electron chi connectivity index (χ2n) is 15.8. The molecule has 0 radical (unpaired) electrons. The van der Waals surface area contributed by atoms with Crippen molar-refractivity contribution in [3.8, 4) is 0 Å². The van der Waals surface area contributed by atoms with Crippen LogP contribution in [0.4, 0.5) is 10.1 Å². The number of aromatic nitrogens is 1. The van der Waals surface area contributed by atoms with Gasteiger partial charge in [-0.1, -0.05) is 37.6 Å². The molecule has 2 aromatic rings. The predicted molar refractivity (Wildman–Crippen MR) is 202 cm³/mol. The van der Waals surface area contributed by atoms with Gasteiger partial charge in [-0.2, -0.15) is 0 Å². The molecule has 6 aliphatic rings. The summed E-state index contributed by atoms with van der Waals surface area (Å²) in [4.78, 5) is 46.1. The molecule has 2 heterocycles. The molecule has 0 saturated heterocycles. The quantitative estimate of drug-likeness (QED) is 0.290. The number of alkyl halides is 1. The molecule has 284 valence electrons. The average molecular weight is 749 g/mol. The van der Waals surface area contributed by atoms with Gasteiger partial charge in [-0.15, -0.1) is 12.4 Å². The van der Waals surface area contributed by atoms with E-state index in [-0.39, 0.29) is 36.1 Å². The van der Waals surface area contributed by atoms with E-state index in [9.17, 15) is 24.6 Å². The van der Waals surface area contributed by atoms with Gasteiger partial charge in [0.1, 0.15) is 5.60 Å². The lowest BCUT2D eigenvalue weighted by Crippen LogP contribution is -2.69. The molecule has 0 spiro atoms. The Morgan fingerprint density at radius 1 is 1.09 bits per heavy atom. The molecule has 5 aliphatic carbocycles. The number of aliphatic hydroxyl groups excluding tert-OH is 1. The van der Waals surface area contributed by atoms with Crippen molar-refractivity contribution in [1.82, 2.24) is 10.3 Å². The van der Waals surface area contributed by atoms with Gasteiger partial charge in [-0.3, -0.25) is 19.6 Å². The fourth-order valence-corrected chi connectivity index (χ4v) is 10.5. The minimum atomic E-state index is -2.04. The fourth-order valence-electron chi connectivity index (χ4n) is 10.5. The first-order valence-corrected chi connectivity index (χ1v) is 18.6. The maximum absolute atomic E-state index is 17.2. The van der Waals surface area contributed by atoms with Crippen LogP contribution in [-0.2, 0) is 27.2 Å². The Balaban J connectivity index is 0.000000235. The van der Waals surface area contributed by atoms with Crippen LogP contribution >= 0.6 is 12.4 Å². The lowest BCUT2D eigenvalue weighted by Gasteiger charge is -2.62. The van der Waals surface area contributed by atoms with E-state index in [0.717, 1.165) is 19.0 Å². The van der Waals surface area contributed by atoms with Crippen LogP contribution in [0.3, 0.4) is 0 Å². The lowest BCUT2D eigenvalue weighted by atomic mass is 9.44. The second-order valence-corrected chi connectivity index (χ2v) is 15.8. The van der Waals surface area contributed by atoms with Crippen LogP contribution < -0.4 is 10.6 Å². The molecule has 3 fully saturated rings. The molecule has 53 heavy (non-hydrogen) atoms. The summed E-state index contributed by atoms with van der Waals surface area (Å²) in [6.45, 7) is 6.46. The number of ketones is 2. The van der Waals surface area contributed by atoms with Crippen LogP contribution in [0.25, 0.3) is 0 Å². The van der Waals surface area contributed by atoms with Gasteiger partial charge in [-0.25, -0.2) is 9.18 Å². The Hall–Kier alpha value is -3.93. The standard InChI is InChI=1S/C28H32FNO6.C13H17N3.ClH/c1-16-12-21-20-5-4-18-13-19(31)6-9-25(18,2)27(20,29)22(32)14-26(21,3)28(16,35)23(33)15-36-24(34)17-7-10-30-11-8-17;1-2-6-11-10(4-1)5-3-7-12(11)16-13-14-8-9-15-13;/h6-11,13,16,20-22,32,35H,4-5,12,14-15H2,1-3H3;3,5,7H,1-2,4,6,8-9H2,(H2,14,15,16);1H/t16-,20+,21+,22+,25+,26+,27?,28+;;/m1../s1. The number of carbonyl (C=O) groups excluding carboxylic acids is 3. The van der Waals surface area contributed by atoms with Gasteiger partial charge in [0.15, 0.2) is 24.0 Å². The summed E-state index contributed by atoms with van der Waals surface area (Å²) in [5.74, 6) is -2.13. The predicted octanol–water partition coefficient (Wildman–Crippen LogP) is 5.51. The zero-order valence-corrected chi connectivity index (χ0v) is 31.4. The number of aryl methyl sites for hydroxylation is 1. The van der Waals surface area contributed by atoms with E-state index in [2.05, 4.69) is 38.8 Å². The first-order valence-electron chi connectivity index (χ1n) is 18.6. The van der Waals surface area contributed by atoms with E-state index in [1.54, 1.807) is 26.8 Å². The second kappa shape index (κ2) is 14.7. The van der Waals surface area contributed by atoms with Crippen molar-refractivity contribution in [3.63, 3.8) is 0 Å². The van der Waals surface area contributed by atoms with Gasteiger partial charge >= 0.3 is 5.97 Å². The number of pyridine rings is 1. The lowest BCUT2D eigenvalue weighted by molar-refractivity contribution is -0.219. The summed E-state index contributed by atoms with van der Waals surface area (Å²) >= 11 is 0. The van der Waals surface area contributed by atoms with Gasteiger partial charge in [-0.05, 0) is 112 Å². The number of fused-ring (bicyclic) bond motifs is 6. The van der Waals surface area contributed by atoms with E-state index >= 15 is 4.39 Å². The minimum absolute atomic E-state index is 0. The van der Waals surface area contributed by atoms with Crippen LogP contribution in [-0.4, -0.2) is 75.8 Å². The van der Waals surface area contributed by atoms with Crippen molar-refractivity contribution in [2.24, 2.45) is 33.6 Å². The number of allylic oxidation sites excluding steroid dienone is 4. The largest absolute Gasteiger partial charge is 0.454 e. The number of anilines is 1. The van der Waals surface area contributed by atoms with Crippen LogP contribution in [0.2, 0.25) is 0 Å². The third-order valence-corrected chi connectivity index (χ3v) is 13.2. The highest BCUT2D eigenvalue weighted by molar-refractivity contribution is 6.01. The molecule has 8 rings (SSSR count). The monoisotopic (exact) mass is 748 g/mol. The van der Waals surface area contributed by atoms with Gasteiger partial charge < -0.3 is 25.6 Å². The molecule has 0 amide bonds. The smallest absolute Gasteiger partial charge is 0.338 e. The van der Waals surface area contributed by atoms with Gasteiger partial charge in [0.25, 0.3) is 0 Å². The van der Waals surface area contributed by atoms with Crippen molar-refractivity contribution in [3.05, 3.63) is 83.2 Å². The number of guanidine groups is 1. The van der Waals surface area contributed by atoms with Crippen LogP contribution in [0.5, 0.6) is 0 Å². The number of halogens is 2. The summed E-state index contributed by atoms with van der Waals surface area (Å²) in [6, 6.07) is 9.49. The number of hydrogen-bond acceptors (Lipinski definition) is 10. The van der Waals surface area contributed by atoms with E-state index in [1.165, 1.54) is 79.2 Å². The number of esters is 1. The van der Waals surface area contributed by atoms with Crippen LogP contribution in [0, 0.1) is 28.6 Å². The number of Topliss-reactive ketones (excluding diaryl/α,β-unsaturated/α-hetero) is 1. The maximum atomic E-state index is 17.2. The summed E-state index contributed by atoms with van der Waals surface area (Å²) in [7, 11) is 0. The van der Waals surface area contributed by atoms with Gasteiger partial charge in [0.2, 0.25) is 5.78 Å². The summed E-state index contributed by atoms with van der Waals surface area (Å²) < 4.78 is 22.4. The van der Waals surface area contributed by atoms with Crippen molar-refractivity contribution < 1.29 is 33.7 Å². The molecule has 1 aliphatic heterocycles. The number of nitrogens with zero attached hydrogens (tertiary/aromatic N) is 2.